The number of anilines is 2. The van der Waals surface area contributed by atoms with Crippen LogP contribution in [-0.4, -0.2) is 11.1 Å². The Morgan fingerprint density at radius 2 is 1.52 bits per heavy atom. The van der Waals surface area contributed by atoms with Crippen LogP contribution in [0.25, 0.3) is 0 Å². The fourth-order valence-corrected chi connectivity index (χ4v) is 10.4. The van der Waals surface area contributed by atoms with Crippen molar-refractivity contribution in [2.75, 3.05) is 11.5 Å². The molecule has 2 aromatic rings. The third-order valence-electron chi connectivity index (χ3n) is 12.5. The lowest BCUT2D eigenvalue weighted by Crippen LogP contribution is -2.53. The lowest BCUT2D eigenvalue weighted by molar-refractivity contribution is -0.246. The van der Waals surface area contributed by atoms with Gasteiger partial charge < -0.3 is 21.1 Å². The highest BCUT2D eigenvalue weighted by Crippen LogP contribution is 2.68. The molecule has 4 fully saturated rings. The number of nitrogens with zero attached hydrogens (tertiary/aromatic N) is 1. The van der Waals surface area contributed by atoms with Crippen LogP contribution in [0, 0.1) is 46.3 Å². The van der Waals surface area contributed by atoms with Crippen LogP contribution in [0.4, 0.5) is 11.4 Å². The molecule has 2 aromatic carbocycles. The number of benzene rings is 2. The summed E-state index contributed by atoms with van der Waals surface area (Å²) in [6, 6.07) is 14.0. The summed E-state index contributed by atoms with van der Waals surface area (Å²) in [6.45, 7) is 7.65. The number of hydroxylamine groups is 2. The van der Waals surface area contributed by atoms with E-state index in [1.807, 2.05) is 0 Å². The third kappa shape index (κ3) is 5.46. The van der Waals surface area contributed by atoms with Crippen LogP contribution in [0.5, 0.6) is 11.5 Å². The molecule has 8 atom stereocenters. The number of hydrogen-bond acceptors (Lipinski definition) is 5. The summed E-state index contributed by atoms with van der Waals surface area (Å²) in [7, 11) is 0. The minimum atomic E-state index is -0.210. The molecule has 4 N–H and O–H groups in total. The third-order valence-corrected chi connectivity index (χ3v) is 12.5. The monoisotopic (exact) mass is 573 g/mol. The van der Waals surface area contributed by atoms with E-state index in [4.69, 9.17) is 21.1 Å². The summed E-state index contributed by atoms with van der Waals surface area (Å²) in [5, 5.41) is 1.00. The van der Waals surface area contributed by atoms with Gasteiger partial charge in [-0.3, -0.25) is 4.79 Å². The zero-order chi connectivity index (χ0) is 29.5. The molecular formula is C36H51N3O3. The number of hydrogen-bond donors (Lipinski definition) is 2. The van der Waals surface area contributed by atoms with Crippen LogP contribution < -0.4 is 21.1 Å². The number of carbonyl (C=O) groups is 1. The number of nitrogen functional groups attached to an aromatic ring is 2. The van der Waals surface area contributed by atoms with Gasteiger partial charge >= 0.3 is 0 Å². The van der Waals surface area contributed by atoms with E-state index in [0.717, 1.165) is 35.3 Å². The maximum absolute atomic E-state index is 13.6. The molecule has 42 heavy (non-hydrogen) atoms. The van der Waals surface area contributed by atoms with E-state index in [0.29, 0.717) is 52.0 Å². The first kappa shape index (κ1) is 29.2. The molecule has 0 heterocycles. The Morgan fingerprint density at radius 3 is 2.19 bits per heavy atom. The van der Waals surface area contributed by atoms with Crippen molar-refractivity contribution in [3.05, 3.63) is 48.5 Å². The van der Waals surface area contributed by atoms with Crippen LogP contribution in [0.3, 0.4) is 0 Å². The van der Waals surface area contributed by atoms with Gasteiger partial charge in [0.05, 0.1) is 0 Å². The average Bonchev–Trinajstić information content (AvgIpc) is 3.32. The fourth-order valence-electron chi connectivity index (χ4n) is 10.4. The summed E-state index contributed by atoms with van der Waals surface area (Å²) in [5.74, 6) is 5.44. The maximum Gasteiger partial charge on any atom is 0.296 e. The van der Waals surface area contributed by atoms with Crippen molar-refractivity contribution in [2.24, 2.45) is 46.3 Å². The molecule has 0 aromatic heterocycles. The molecule has 0 radical (unpaired) electrons. The van der Waals surface area contributed by atoms with Crippen LogP contribution in [-0.2, 0) is 4.79 Å². The van der Waals surface area contributed by atoms with E-state index in [1.54, 1.807) is 48.5 Å². The first-order valence-electron chi connectivity index (χ1n) is 16.6. The van der Waals surface area contributed by atoms with Crippen molar-refractivity contribution < 1.29 is 14.5 Å². The van der Waals surface area contributed by atoms with Crippen molar-refractivity contribution in [1.82, 2.24) is 5.23 Å². The standard InChI is InChI=1S/C36H51N3O3/c1-24(13-18-34(40)39(41-28-11-6-9-26(37)22-28)42-29-12-7-10-27(38)23-29)31-16-17-32-30-15-14-25-8-4-5-20-35(25,2)33(30)19-21-36(31,32)3/h6-7,9-12,22-25,30-33H,4-5,8,13-21,37-38H2,1-3H3/t24?,25?,30-,31+,32-,33-,35-,36+/m0/s1. The van der Waals surface area contributed by atoms with Gasteiger partial charge in [-0.1, -0.05) is 45.7 Å². The van der Waals surface area contributed by atoms with Crippen LogP contribution >= 0.6 is 0 Å². The maximum atomic E-state index is 13.6. The first-order chi connectivity index (χ1) is 20.2. The van der Waals surface area contributed by atoms with Gasteiger partial charge in [0.2, 0.25) is 0 Å². The molecule has 0 bridgehead atoms. The van der Waals surface area contributed by atoms with Crippen LogP contribution in [0.2, 0.25) is 0 Å². The van der Waals surface area contributed by atoms with E-state index < -0.39 is 0 Å². The van der Waals surface area contributed by atoms with E-state index >= 15 is 0 Å². The highest BCUT2D eigenvalue weighted by atomic mass is 17.0. The summed E-state index contributed by atoms with van der Waals surface area (Å²) in [6.07, 6.45) is 15.3. The average molecular weight is 574 g/mol. The SMILES string of the molecule is CC(CCC(=O)N(Oc1cccc(N)c1)Oc1cccc(N)c1)[C@H]1CC[C@H]2[C@@H]3CCC4CCCC[C@]4(C)[C@H]3CC[C@]12C. The van der Waals surface area contributed by atoms with Gasteiger partial charge in [-0.25, -0.2) is 0 Å². The minimum Gasteiger partial charge on any atom is -0.399 e. The van der Waals surface area contributed by atoms with E-state index in [9.17, 15) is 4.79 Å². The van der Waals surface area contributed by atoms with Crippen molar-refractivity contribution in [3.63, 3.8) is 0 Å². The lowest BCUT2D eigenvalue weighted by atomic mass is 9.44. The molecule has 0 spiro atoms. The summed E-state index contributed by atoms with van der Waals surface area (Å²) < 4.78 is 0. The quantitative estimate of drug-likeness (QED) is 0.244. The van der Waals surface area contributed by atoms with Gasteiger partial charge in [-0.15, -0.1) is 0 Å². The minimum absolute atomic E-state index is 0.210. The number of amides is 1. The van der Waals surface area contributed by atoms with Crippen molar-refractivity contribution in [2.45, 2.75) is 97.8 Å². The van der Waals surface area contributed by atoms with Gasteiger partial charge in [0.15, 0.2) is 11.5 Å². The van der Waals surface area contributed by atoms with Crippen molar-refractivity contribution in [1.29, 1.82) is 0 Å². The van der Waals surface area contributed by atoms with E-state index in [2.05, 4.69) is 20.8 Å². The molecule has 0 aliphatic heterocycles. The van der Waals surface area contributed by atoms with Gasteiger partial charge in [0.1, 0.15) is 0 Å². The molecule has 6 nitrogen and oxygen atoms in total. The van der Waals surface area contributed by atoms with Gasteiger partial charge in [-0.2, -0.15) is 0 Å². The first-order valence-corrected chi connectivity index (χ1v) is 16.6. The largest absolute Gasteiger partial charge is 0.399 e. The fraction of sp³-hybridized carbons (Fsp3) is 0.639. The predicted molar refractivity (Wildman–Crippen MR) is 168 cm³/mol. The lowest BCUT2D eigenvalue weighted by Gasteiger charge is -2.61. The van der Waals surface area contributed by atoms with Gasteiger partial charge in [-0.05, 0) is 128 Å². The van der Waals surface area contributed by atoms with Crippen LogP contribution in [0.15, 0.2) is 48.5 Å². The Labute approximate surface area is 252 Å². The Kier molecular flexibility index (Phi) is 8.10. The number of fused-ring (bicyclic) bond motifs is 5. The van der Waals surface area contributed by atoms with Crippen molar-refractivity contribution >= 4 is 17.3 Å². The summed E-state index contributed by atoms with van der Waals surface area (Å²) in [5.41, 5.74) is 14.0. The normalized spacial score (nSPS) is 34.4. The highest BCUT2D eigenvalue weighted by molar-refractivity contribution is 5.74. The zero-order valence-corrected chi connectivity index (χ0v) is 25.9. The Balaban J connectivity index is 1.12. The molecular weight excluding hydrogens is 522 g/mol. The number of rotatable bonds is 8. The smallest absolute Gasteiger partial charge is 0.296 e. The molecule has 4 aliphatic carbocycles. The molecule has 6 rings (SSSR count). The van der Waals surface area contributed by atoms with Gasteiger partial charge in [0, 0.05) is 35.2 Å². The number of nitrogens with two attached hydrogens (primary N) is 2. The zero-order valence-electron chi connectivity index (χ0n) is 25.9. The molecule has 0 saturated heterocycles. The second kappa shape index (κ2) is 11.7. The molecule has 4 aliphatic rings. The Hall–Kier alpha value is -2.89. The number of carbonyl (C=O) groups excluding carboxylic acids is 1. The highest BCUT2D eigenvalue weighted by Gasteiger charge is 2.60. The summed E-state index contributed by atoms with van der Waals surface area (Å²) >= 11 is 0. The summed E-state index contributed by atoms with van der Waals surface area (Å²) in [4.78, 5) is 25.4. The molecule has 2 unspecified atom stereocenters. The van der Waals surface area contributed by atoms with E-state index in [-0.39, 0.29) is 5.91 Å². The topological polar surface area (TPSA) is 90.8 Å². The van der Waals surface area contributed by atoms with Crippen molar-refractivity contribution in [3.8, 4) is 11.5 Å². The molecule has 6 heteroatoms. The van der Waals surface area contributed by atoms with Crippen LogP contribution in [0.1, 0.15) is 97.8 Å². The molecule has 228 valence electrons. The predicted octanol–water partition coefficient (Wildman–Crippen LogP) is 8.43. The molecule has 4 saturated carbocycles. The Bertz CT molecular complexity index is 1220. The second-order valence-electron chi connectivity index (χ2n) is 14.6. The Morgan fingerprint density at radius 1 is 0.857 bits per heavy atom. The van der Waals surface area contributed by atoms with Gasteiger partial charge in [0.25, 0.3) is 5.91 Å². The molecule has 1 amide bonds. The van der Waals surface area contributed by atoms with E-state index in [1.165, 1.54) is 64.2 Å². The second-order valence-corrected chi connectivity index (χ2v) is 14.6.